The van der Waals surface area contributed by atoms with E-state index in [0.29, 0.717) is 11.7 Å². The normalized spacial score (nSPS) is 30.6. The molecule has 4 aliphatic carbocycles. The van der Waals surface area contributed by atoms with Crippen LogP contribution < -0.4 is 15.5 Å². The zero-order chi connectivity index (χ0) is 19.7. The minimum Gasteiger partial charge on any atom is -0.342 e. The molecule has 0 aromatic carbocycles. The van der Waals surface area contributed by atoms with Gasteiger partial charge in [0.15, 0.2) is 5.13 Å². The lowest BCUT2D eigenvalue weighted by Crippen LogP contribution is -3.12. The zero-order valence-corrected chi connectivity index (χ0v) is 17.9. The minimum absolute atomic E-state index is 0.225. The van der Waals surface area contributed by atoms with Crippen LogP contribution in [0.2, 0.25) is 0 Å². The monoisotopic (exact) mass is 405 g/mol. The largest absolute Gasteiger partial charge is 0.342 e. The van der Waals surface area contributed by atoms with Crippen LogP contribution in [-0.2, 0) is 15.0 Å². The van der Waals surface area contributed by atoms with Crippen molar-refractivity contribution in [3.05, 3.63) is 11.1 Å². The Morgan fingerprint density at radius 1 is 1.11 bits per heavy atom. The summed E-state index contributed by atoms with van der Waals surface area (Å²) in [6, 6.07) is 0. The molecular weight excluding hydrogens is 372 g/mol. The lowest BCUT2D eigenvalue weighted by atomic mass is 9.49. The quantitative estimate of drug-likeness (QED) is 0.603. The highest BCUT2D eigenvalue weighted by Crippen LogP contribution is 2.60. The van der Waals surface area contributed by atoms with Gasteiger partial charge in [0.05, 0.1) is 31.9 Å². The molecule has 1 aromatic rings. The molecular formula is C21H33N4O2S+. The number of amides is 2. The number of anilines is 1. The number of hydrogen-bond donors (Lipinski definition) is 3. The number of carbonyl (C=O) groups is 2. The lowest BCUT2D eigenvalue weighted by molar-refractivity contribution is -0.895. The molecule has 1 heterocycles. The fourth-order valence-corrected chi connectivity index (χ4v) is 7.02. The van der Waals surface area contributed by atoms with Crippen molar-refractivity contribution in [2.75, 3.05) is 31.5 Å². The van der Waals surface area contributed by atoms with Crippen molar-refractivity contribution in [1.29, 1.82) is 0 Å². The van der Waals surface area contributed by atoms with Gasteiger partial charge in [0.1, 0.15) is 0 Å². The molecule has 2 amide bonds. The van der Waals surface area contributed by atoms with E-state index in [1.165, 1.54) is 54.8 Å². The van der Waals surface area contributed by atoms with E-state index in [4.69, 9.17) is 4.98 Å². The van der Waals surface area contributed by atoms with Crippen LogP contribution in [0.1, 0.15) is 58.1 Å². The second-order valence-corrected chi connectivity index (χ2v) is 10.0. The summed E-state index contributed by atoms with van der Waals surface area (Å²) in [4.78, 5) is 30.5. The van der Waals surface area contributed by atoms with Gasteiger partial charge in [-0.1, -0.05) is 0 Å². The van der Waals surface area contributed by atoms with Gasteiger partial charge in [-0.2, -0.15) is 0 Å². The number of rotatable bonds is 7. The molecule has 0 aliphatic heterocycles. The Balaban J connectivity index is 1.32. The lowest BCUT2D eigenvalue weighted by Gasteiger charge is -2.56. The maximum Gasteiger partial charge on any atom is 0.315 e. The first-order valence-corrected chi connectivity index (χ1v) is 11.8. The Bertz CT molecular complexity index is 692. The van der Waals surface area contributed by atoms with E-state index in [1.54, 1.807) is 0 Å². The molecule has 0 spiro atoms. The molecule has 7 heteroatoms. The molecule has 28 heavy (non-hydrogen) atoms. The number of thiazole rings is 1. The second-order valence-electron chi connectivity index (χ2n) is 9.15. The summed E-state index contributed by atoms with van der Waals surface area (Å²) in [6.45, 7) is 7.63. The van der Waals surface area contributed by atoms with E-state index >= 15 is 0 Å². The first-order chi connectivity index (χ1) is 13.5. The Morgan fingerprint density at radius 2 is 1.71 bits per heavy atom. The van der Waals surface area contributed by atoms with E-state index in [-0.39, 0.29) is 5.41 Å². The first kappa shape index (κ1) is 19.8. The van der Waals surface area contributed by atoms with Crippen molar-refractivity contribution in [3.8, 4) is 0 Å². The van der Waals surface area contributed by atoms with Gasteiger partial charge >= 0.3 is 11.8 Å². The third kappa shape index (κ3) is 3.96. The third-order valence-electron chi connectivity index (χ3n) is 7.28. The molecule has 3 N–H and O–H groups in total. The van der Waals surface area contributed by atoms with Gasteiger partial charge in [-0.05, 0) is 70.1 Å². The number of quaternary nitrogens is 1. The van der Waals surface area contributed by atoms with E-state index in [0.717, 1.165) is 43.1 Å². The summed E-state index contributed by atoms with van der Waals surface area (Å²) in [5.41, 5.74) is 1.38. The highest BCUT2D eigenvalue weighted by molar-refractivity contribution is 7.14. The van der Waals surface area contributed by atoms with Crippen LogP contribution in [0, 0.1) is 17.8 Å². The average molecular weight is 406 g/mol. The van der Waals surface area contributed by atoms with Gasteiger partial charge in [0.25, 0.3) is 0 Å². The SMILES string of the molecule is CC[NH+](CC)CCNC(=O)C(=O)Nc1nc(C23CC4CC(CC(C4)C2)C3)cs1. The number of carbonyl (C=O) groups excluding carboxylic acids is 2. The van der Waals surface area contributed by atoms with Crippen LogP contribution in [-0.4, -0.2) is 43.0 Å². The second kappa shape index (κ2) is 8.11. The molecule has 4 aliphatic rings. The van der Waals surface area contributed by atoms with Crippen LogP contribution >= 0.6 is 11.3 Å². The summed E-state index contributed by atoms with van der Waals surface area (Å²) in [6.07, 6.45) is 7.98. The molecule has 6 nitrogen and oxygen atoms in total. The fraction of sp³-hybridized carbons (Fsp3) is 0.762. The van der Waals surface area contributed by atoms with Gasteiger partial charge in [0.2, 0.25) is 0 Å². The third-order valence-corrected chi connectivity index (χ3v) is 8.03. The predicted octanol–water partition coefficient (Wildman–Crippen LogP) is 1.59. The number of hydrogen-bond acceptors (Lipinski definition) is 4. The van der Waals surface area contributed by atoms with E-state index in [9.17, 15) is 9.59 Å². The van der Waals surface area contributed by atoms with Crippen molar-refractivity contribution in [2.24, 2.45) is 17.8 Å². The van der Waals surface area contributed by atoms with Gasteiger partial charge in [-0.3, -0.25) is 14.9 Å². The predicted molar refractivity (Wildman–Crippen MR) is 111 cm³/mol. The number of aromatic nitrogens is 1. The zero-order valence-electron chi connectivity index (χ0n) is 17.1. The maximum atomic E-state index is 12.2. The van der Waals surface area contributed by atoms with Crippen LogP contribution in [0.3, 0.4) is 0 Å². The number of nitrogens with one attached hydrogen (secondary N) is 3. The summed E-state index contributed by atoms with van der Waals surface area (Å²) in [7, 11) is 0. The van der Waals surface area contributed by atoms with Crippen LogP contribution in [0.4, 0.5) is 5.13 Å². The van der Waals surface area contributed by atoms with E-state index in [2.05, 4.69) is 29.9 Å². The summed E-state index contributed by atoms with van der Waals surface area (Å²) < 4.78 is 0. The van der Waals surface area contributed by atoms with Crippen molar-refractivity contribution in [2.45, 2.75) is 57.8 Å². The highest BCUT2D eigenvalue weighted by Gasteiger charge is 2.52. The Labute approximate surface area is 171 Å². The van der Waals surface area contributed by atoms with Crippen molar-refractivity contribution in [1.82, 2.24) is 10.3 Å². The molecule has 4 bridgehead atoms. The van der Waals surface area contributed by atoms with Crippen molar-refractivity contribution < 1.29 is 14.5 Å². The summed E-state index contributed by atoms with van der Waals surface area (Å²) >= 11 is 1.45. The Kier molecular flexibility index (Phi) is 5.74. The average Bonchev–Trinajstić information content (AvgIpc) is 3.13. The maximum absolute atomic E-state index is 12.2. The van der Waals surface area contributed by atoms with Crippen LogP contribution in [0.25, 0.3) is 0 Å². The molecule has 0 saturated heterocycles. The summed E-state index contributed by atoms with van der Waals surface area (Å²) in [5.74, 6) is 1.41. The van der Waals surface area contributed by atoms with Crippen LogP contribution in [0.5, 0.6) is 0 Å². The van der Waals surface area contributed by atoms with Crippen molar-refractivity contribution >= 4 is 28.3 Å². The molecule has 5 rings (SSSR count). The van der Waals surface area contributed by atoms with Crippen LogP contribution in [0.15, 0.2) is 5.38 Å². The molecule has 1 aromatic heterocycles. The van der Waals surface area contributed by atoms with Crippen molar-refractivity contribution in [3.63, 3.8) is 0 Å². The Morgan fingerprint density at radius 3 is 2.29 bits per heavy atom. The fourth-order valence-electron chi connectivity index (χ4n) is 6.19. The number of likely N-dealkylation sites (N-methyl/N-ethyl adjacent to an activating group) is 1. The van der Waals surface area contributed by atoms with Gasteiger partial charge in [0, 0.05) is 10.8 Å². The molecule has 154 valence electrons. The van der Waals surface area contributed by atoms with E-state index in [1.807, 2.05) is 0 Å². The molecule has 0 atom stereocenters. The minimum atomic E-state index is -0.610. The topological polar surface area (TPSA) is 75.5 Å². The van der Waals surface area contributed by atoms with Gasteiger partial charge in [-0.25, -0.2) is 4.98 Å². The molecule has 4 saturated carbocycles. The molecule has 0 radical (unpaired) electrons. The van der Waals surface area contributed by atoms with Gasteiger partial charge in [-0.15, -0.1) is 11.3 Å². The molecule has 4 fully saturated rings. The Hall–Kier alpha value is -1.47. The first-order valence-electron chi connectivity index (χ1n) is 10.9. The molecule has 0 unspecified atom stereocenters. The highest BCUT2D eigenvalue weighted by atomic mass is 32.1. The smallest absolute Gasteiger partial charge is 0.315 e. The standard InChI is InChI=1S/C21H32N4O2S/c1-3-25(4-2)6-5-22-18(26)19(27)24-20-23-17(13-28-20)21-10-14-7-15(11-21)9-16(8-14)12-21/h13-16H,3-12H2,1-2H3,(H,22,26)(H,23,24,27)/p+1. The van der Waals surface area contributed by atoms with Gasteiger partial charge < -0.3 is 10.2 Å². The number of nitrogens with zero attached hydrogens (tertiary/aromatic N) is 1. The van der Waals surface area contributed by atoms with E-state index < -0.39 is 11.8 Å². The summed E-state index contributed by atoms with van der Waals surface area (Å²) in [5, 5.41) is 8.10.